The maximum Gasteiger partial charge on any atom is 0.223 e. The number of nitrogens with one attached hydrogen (secondary N) is 1. The summed E-state index contributed by atoms with van der Waals surface area (Å²) in [6.45, 7) is 8.42. The van der Waals surface area contributed by atoms with Crippen LogP contribution >= 0.6 is 0 Å². The van der Waals surface area contributed by atoms with E-state index in [1.54, 1.807) is 0 Å². The third kappa shape index (κ3) is 3.44. The molecule has 0 aliphatic heterocycles. The van der Waals surface area contributed by atoms with E-state index in [1.807, 2.05) is 0 Å². The van der Waals surface area contributed by atoms with Crippen molar-refractivity contribution >= 4 is 5.91 Å². The van der Waals surface area contributed by atoms with E-state index in [9.17, 15) is 4.79 Å². The van der Waals surface area contributed by atoms with Gasteiger partial charge >= 0.3 is 0 Å². The van der Waals surface area contributed by atoms with Crippen molar-refractivity contribution < 1.29 is 4.79 Å². The van der Waals surface area contributed by atoms with E-state index < -0.39 is 0 Å². The van der Waals surface area contributed by atoms with Crippen LogP contribution in [0.15, 0.2) is 0 Å². The third-order valence-corrected chi connectivity index (χ3v) is 4.33. The highest BCUT2D eigenvalue weighted by molar-refractivity contribution is 5.79. The highest BCUT2D eigenvalue weighted by Gasteiger charge is 2.47. The Morgan fingerprint density at radius 2 is 1.88 bits per heavy atom. The lowest BCUT2D eigenvalue weighted by Gasteiger charge is -2.20. The third-order valence-electron chi connectivity index (χ3n) is 4.33. The van der Waals surface area contributed by atoms with E-state index in [-0.39, 0.29) is 0 Å². The molecule has 0 aromatic carbocycles. The first-order valence-electron chi connectivity index (χ1n) is 7.24. The molecule has 2 unspecified atom stereocenters. The van der Waals surface area contributed by atoms with E-state index in [1.165, 1.54) is 12.8 Å². The summed E-state index contributed by atoms with van der Waals surface area (Å²) < 4.78 is 0. The molecule has 0 saturated heterocycles. The van der Waals surface area contributed by atoms with Crippen LogP contribution in [-0.2, 0) is 4.79 Å². The van der Waals surface area contributed by atoms with Crippen molar-refractivity contribution in [2.45, 2.75) is 39.5 Å². The Balaban J connectivity index is 1.59. The first-order chi connectivity index (χ1) is 8.24. The number of amides is 1. The van der Waals surface area contributed by atoms with E-state index in [0.717, 1.165) is 50.9 Å². The molecule has 1 amide bonds. The molecule has 2 atom stereocenters. The Labute approximate surface area is 105 Å². The van der Waals surface area contributed by atoms with Crippen molar-refractivity contribution in [2.24, 2.45) is 17.8 Å². The second-order valence-corrected chi connectivity index (χ2v) is 5.65. The van der Waals surface area contributed by atoms with Crippen molar-refractivity contribution in [3.05, 3.63) is 0 Å². The Morgan fingerprint density at radius 3 is 2.47 bits per heavy atom. The highest BCUT2D eigenvalue weighted by Crippen LogP contribution is 2.54. The minimum absolute atomic E-state index is 0.310. The van der Waals surface area contributed by atoms with Gasteiger partial charge in [0.2, 0.25) is 5.91 Å². The lowest BCUT2D eigenvalue weighted by molar-refractivity contribution is -0.125. The van der Waals surface area contributed by atoms with Gasteiger partial charge in [0.1, 0.15) is 0 Å². The van der Waals surface area contributed by atoms with Crippen LogP contribution in [0.2, 0.25) is 0 Å². The Hall–Kier alpha value is -0.570. The predicted octanol–water partition coefficient (Wildman–Crippen LogP) is 1.88. The summed E-state index contributed by atoms with van der Waals surface area (Å²) in [6.07, 6.45) is 4.89. The normalized spacial score (nSPS) is 30.4. The summed E-state index contributed by atoms with van der Waals surface area (Å²) in [4.78, 5) is 14.3. The number of rotatable bonds is 7. The number of nitrogens with zero attached hydrogens (tertiary/aromatic N) is 1. The van der Waals surface area contributed by atoms with E-state index in [2.05, 4.69) is 24.1 Å². The molecule has 2 aliphatic carbocycles. The molecular formula is C14H26N2O. The van der Waals surface area contributed by atoms with E-state index in [0.29, 0.717) is 11.8 Å². The summed E-state index contributed by atoms with van der Waals surface area (Å²) in [5.41, 5.74) is 0. The van der Waals surface area contributed by atoms with Gasteiger partial charge in [0.25, 0.3) is 0 Å². The van der Waals surface area contributed by atoms with Crippen LogP contribution in [0.4, 0.5) is 0 Å². The minimum Gasteiger partial charge on any atom is -0.355 e. The molecule has 3 nitrogen and oxygen atoms in total. The second-order valence-electron chi connectivity index (χ2n) is 5.65. The number of fused-ring (bicyclic) bond motifs is 1. The summed E-state index contributed by atoms with van der Waals surface area (Å²) in [5.74, 6) is 2.45. The van der Waals surface area contributed by atoms with Crippen LogP contribution < -0.4 is 5.32 Å². The van der Waals surface area contributed by atoms with Gasteiger partial charge in [0, 0.05) is 19.0 Å². The number of hydrogen-bond donors (Lipinski definition) is 1. The van der Waals surface area contributed by atoms with Gasteiger partial charge in [-0.05, 0) is 50.6 Å². The SMILES string of the molecule is CCCN(CC)CCNC(=O)C1CC2CC2C1. The summed E-state index contributed by atoms with van der Waals surface area (Å²) in [6, 6.07) is 0. The average Bonchev–Trinajstić information content (AvgIpc) is 2.94. The monoisotopic (exact) mass is 238 g/mol. The molecule has 1 N–H and O–H groups in total. The molecule has 0 bridgehead atoms. The molecule has 17 heavy (non-hydrogen) atoms. The average molecular weight is 238 g/mol. The largest absolute Gasteiger partial charge is 0.355 e. The minimum atomic E-state index is 0.310. The highest BCUT2D eigenvalue weighted by atomic mass is 16.1. The van der Waals surface area contributed by atoms with Crippen LogP contribution in [0.25, 0.3) is 0 Å². The molecule has 0 aromatic rings. The molecule has 0 spiro atoms. The molecule has 0 aromatic heterocycles. The molecular weight excluding hydrogens is 212 g/mol. The quantitative estimate of drug-likeness (QED) is 0.734. The lowest BCUT2D eigenvalue weighted by Crippen LogP contribution is -2.37. The van der Waals surface area contributed by atoms with Crippen LogP contribution in [0.3, 0.4) is 0 Å². The molecule has 0 radical (unpaired) electrons. The fourth-order valence-electron chi connectivity index (χ4n) is 3.15. The fourth-order valence-corrected chi connectivity index (χ4v) is 3.15. The van der Waals surface area contributed by atoms with Crippen LogP contribution in [0.1, 0.15) is 39.5 Å². The van der Waals surface area contributed by atoms with Gasteiger partial charge in [-0.3, -0.25) is 4.79 Å². The van der Waals surface area contributed by atoms with Crippen LogP contribution in [-0.4, -0.2) is 37.0 Å². The second kappa shape index (κ2) is 5.85. The molecule has 2 rings (SSSR count). The topological polar surface area (TPSA) is 32.3 Å². The zero-order chi connectivity index (χ0) is 12.3. The van der Waals surface area contributed by atoms with Gasteiger partial charge in [0.15, 0.2) is 0 Å². The van der Waals surface area contributed by atoms with Gasteiger partial charge < -0.3 is 10.2 Å². The molecule has 3 heteroatoms. The van der Waals surface area contributed by atoms with Crippen molar-refractivity contribution in [3.8, 4) is 0 Å². The standard InChI is InChI=1S/C14H26N2O/c1-3-6-16(4-2)7-5-15-14(17)13-9-11-8-12(11)10-13/h11-13H,3-10H2,1-2H3,(H,15,17). The van der Waals surface area contributed by atoms with Crippen molar-refractivity contribution in [2.75, 3.05) is 26.2 Å². The van der Waals surface area contributed by atoms with Crippen molar-refractivity contribution in [1.29, 1.82) is 0 Å². The zero-order valence-electron chi connectivity index (χ0n) is 11.2. The lowest BCUT2D eigenvalue weighted by atomic mass is 10.0. The zero-order valence-corrected chi connectivity index (χ0v) is 11.2. The first-order valence-corrected chi connectivity index (χ1v) is 7.24. The predicted molar refractivity (Wildman–Crippen MR) is 69.7 cm³/mol. The maximum absolute atomic E-state index is 11.9. The van der Waals surface area contributed by atoms with Crippen molar-refractivity contribution in [3.63, 3.8) is 0 Å². The Morgan fingerprint density at radius 1 is 1.18 bits per heavy atom. The number of carbonyl (C=O) groups excluding carboxylic acids is 1. The molecule has 0 heterocycles. The number of hydrogen-bond acceptors (Lipinski definition) is 2. The van der Waals surface area contributed by atoms with Crippen molar-refractivity contribution in [1.82, 2.24) is 10.2 Å². The summed E-state index contributed by atoms with van der Waals surface area (Å²) in [7, 11) is 0. The smallest absolute Gasteiger partial charge is 0.223 e. The summed E-state index contributed by atoms with van der Waals surface area (Å²) >= 11 is 0. The summed E-state index contributed by atoms with van der Waals surface area (Å²) in [5, 5.41) is 3.11. The maximum atomic E-state index is 11.9. The molecule has 2 fully saturated rings. The molecule has 2 aliphatic rings. The number of likely N-dealkylation sites (N-methyl/N-ethyl adjacent to an activating group) is 1. The molecule has 98 valence electrons. The van der Waals surface area contributed by atoms with E-state index in [4.69, 9.17) is 0 Å². The van der Waals surface area contributed by atoms with Gasteiger partial charge in [-0.15, -0.1) is 0 Å². The fraction of sp³-hybridized carbons (Fsp3) is 0.929. The van der Waals surface area contributed by atoms with Gasteiger partial charge in [0.05, 0.1) is 0 Å². The van der Waals surface area contributed by atoms with Gasteiger partial charge in [-0.2, -0.15) is 0 Å². The Kier molecular flexibility index (Phi) is 4.43. The molecule has 2 saturated carbocycles. The van der Waals surface area contributed by atoms with Crippen LogP contribution in [0.5, 0.6) is 0 Å². The van der Waals surface area contributed by atoms with Crippen LogP contribution in [0, 0.1) is 17.8 Å². The van der Waals surface area contributed by atoms with Gasteiger partial charge in [-0.25, -0.2) is 0 Å². The Bertz CT molecular complexity index is 257. The van der Waals surface area contributed by atoms with E-state index >= 15 is 0 Å². The first kappa shape index (κ1) is 12.9. The van der Waals surface area contributed by atoms with Gasteiger partial charge in [-0.1, -0.05) is 13.8 Å². The number of carbonyl (C=O) groups is 1.